The van der Waals surface area contributed by atoms with Crippen LogP contribution < -0.4 is 20.4 Å². The molecule has 7 heterocycles. The van der Waals surface area contributed by atoms with Gasteiger partial charge < -0.3 is 20.0 Å². The predicted octanol–water partition coefficient (Wildman–Crippen LogP) is 5.77. The summed E-state index contributed by atoms with van der Waals surface area (Å²) in [7, 11) is 0. The minimum Gasteiger partial charge on any atom is -0.384 e. The van der Waals surface area contributed by atoms with Crippen molar-refractivity contribution >= 4 is 52.5 Å². The molecule has 62 heavy (non-hydrogen) atoms. The maximum atomic E-state index is 14.1. The molecule has 16 heteroatoms. The molecule has 0 aliphatic carbocycles. The molecule has 0 radical (unpaired) electrons. The average molecular weight is 841 g/mol. The van der Waals surface area contributed by atoms with Crippen LogP contribution in [0.2, 0.25) is 0 Å². The molecule has 3 aromatic heterocycles. The minimum atomic E-state index is -1.000. The van der Waals surface area contributed by atoms with E-state index in [0.29, 0.717) is 50.5 Å². The highest BCUT2D eigenvalue weighted by atomic mass is 19.1. The molecule has 2 N–H and O–H groups in total. The van der Waals surface area contributed by atoms with Gasteiger partial charge in [0.15, 0.2) is 5.65 Å². The standard InChI is InChI=1S/C46H49FN10O5/c47-31-11-6-10-30(28-31)35-15-9-23-55(35)40-20-19-38-49-29-37(57(38)52-40)33-13-8-16-39(50-33)53-24-26-54(27-25-53)42(59)17-4-2-1-3-5-22-48-34-14-7-12-32-43(34)46(62)56(45(32)61)36-18-21-41(58)51-44(36)60/h6-8,10-14,16,19-20,28-29,35-36,48H,1-5,9,15,17-18,21-27H2,(H,51,58,60). The highest BCUT2D eigenvalue weighted by Gasteiger charge is 2.45. The van der Waals surface area contributed by atoms with Crippen LogP contribution in [0, 0.1) is 5.82 Å². The van der Waals surface area contributed by atoms with Crippen LogP contribution in [0.1, 0.15) is 96.5 Å². The summed E-state index contributed by atoms with van der Waals surface area (Å²) >= 11 is 0. The molecule has 2 aromatic carbocycles. The van der Waals surface area contributed by atoms with Crippen LogP contribution in [0.4, 0.5) is 21.7 Å². The quantitative estimate of drug-likeness (QED) is 0.103. The fourth-order valence-corrected chi connectivity index (χ4v) is 9.19. The molecular weight excluding hydrogens is 792 g/mol. The first kappa shape index (κ1) is 40.7. The summed E-state index contributed by atoms with van der Waals surface area (Å²) in [6.45, 7) is 4.05. The van der Waals surface area contributed by atoms with E-state index in [9.17, 15) is 28.4 Å². The Morgan fingerprint density at radius 2 is 1.61 bits per heavy atom. The highest BCUT2D eigenvalue weighted by molar-refractivity contribution is 6.25. The Labute approximate surface area is 358 Å². The van der Waals surface area contributed by atoms with Crippen molar-refractivity contribution in [3.63, 3.8) is 0 Å². The molecule has 2 atom stereocenters. The molecule has 3 saturated heterocycles. The summed E-state index contributed by atoms with van der Waals surface area (Å²) in [4.78, 5) is 80.7. The largest absolute Gasteiger partial charge is 0.384 e. The van der Waals surface area contributed by atoms with Crippen molar-refractivity contribution in [1.29, 1.82) is 0 Å². The van der Waals surface area contributed by atoms with Gasteiger partial charge in [0.2, 0.25) is 17.7 Å². The molecular formula is C46H49FN10O5. The number of nitrogens with zero attached hydrogens (tertiary/aromatic N) is 8. The van der Waals surface area contributed by atoms with Gasteiger partial charge in [-0.05, 0) is 86.2 Å². The molecule has 0 spiro atoms. The molecule has 9 rings (SSSR count). The van der Waals surface area contributed by atoms with E-state index in [1.807, 2.05) is 45.8 Å². The number of carbonyl (C=O) groups excluding carboxylic acids is 5. The number of piperidine rings is 1. The maximum absolute atomic E-state index is 14.1. The number of anilines is 3. The van der Waals surface area contributed by atoms with E-state index in [-0.39, 0.29) is 41.7 Å². The number of piperazine rings is 1. The van der Waals surface area contributed by atoms with Crippen LogP contribution in [0.25, 0.3) is 17.0 Å². The molecule has 0 bridgehead atoms. The van der Waals surface area contributed by atoms with Crippen molar-refractivity contribution in [2.75, 3.05) is 54.4 Å². The zero-order chi connectivity index (χ0) is 42.7. The van der Waals surface area contributed by atoms with E-state index in [2.05, 4.69) is 25.4 Å². The number of nitrogens with one attached hydrogen (secondary N) is 2. The third kappa shape index (κ3) is 8.20. The summed E-state index contributed by atoms with van der Waals surface area (Å²) in [6, 6.07) is 20.8. The van der Waals surface area contributed by atoms with Gasteiger partial charge in [0.1, 0.15) is 29.2 Å². The number of pyridine rings is 1. The number of carbonyl (C=O) groups is 5. The zero-order valence-electron chi connectivity index (χ0n) is 34.5. The second-order valence-corrected chi connectivity index (χ2v) is 16.4. The Morgan fingerprint density at radius 1 is 0.806 bits per heavy atom. The van der Waals surface area contributed by atoms with E-state index in [4.69, 9.17) is 10.1 Å². The summed E-state index contributed by atoms with van der Waals surface area (Å²) < 4.78 is 15.9. The Kier molecular flexibility index (Phi) is 11.6. The van der Waals surface area contributed by atoms with Crippen molar-refractivity contribution in [2.45, 2.75) is 76.3 Å². The van der Waals surface area contributed by atoms with Gasteiger partial charge in [0, 0.05) is 57.8 Å². The normalized spacial score (nSPS) is 19.1. The average Bonchev–Trinajstić information content (AvgIpc) is 4.01. The molecule has 5 amide bonds. The van der Waals surface area contributed by atoms with Gasteiger partial charge >= 0.3 is 0 Å². The lowest BCUT2D eigenvalue weighted by atomic mass is 10.0. The fourth-order valence-electron chi connectivity index (χ4n) is 9.19. The number of fused-ring (bicyclic) bond motifs is 2. The number of benzene rings is 2. The summed E-state index contributed by atoms with van der Waals surface area (Å²) in [5, 5.41) is 10.5. The van der Waals surface area contributed by atoms with Crippen LogP contribution in [0.5, 0.6) is 0 Å². The van der Waals surface area contributed by atoms with Crippen molar-refractivity contribution in [3.8, 4) is 11.4 Å². The predicted molar refractivity (Wildman–Crippen MR) is 230 cm³/mol. The first-order chi connectivity index (χ1) is 30.2. The van der Waals surface area contributed by atoms with Gasteiger partial charge in [-0.3, -0.25) is 34.2 Å². The number of rotatable bonds is 14. The van der Waals surface area contributed by atoms with Crippen molar-refractivity contribution in [3.05, 3.63) is 102 Å². The van der Waals surface area contributed by atoms with Crippen LogP contribution >= 0.6 is 0 Å². The van der Waals surface area contributed by atoms with Gasteiger partial charge in [-0.2, -0.15) is 0 Å². The lowest BCUT2D eigenvalue weighted by Crippen LogP contribution is -2.54. The van der Waals surface area contributed by atoms with E-state index >= 15 is 0 Å². The molecule has 2 unspecified atom stereocenters. The summed E-state index contributed by atoms with van der Waals surface area (Å²) in [5.41, 5.74) is 4.27. The molecule has 320 valence electrons. The van der Waals surface area contributed by atoms with Crippen LogP contribution in [0.15, 0.2) is 79.0 Å². The fraction of sp³-hybridized carbons (Fsp3) is 0.391. The van der Waals surface area contributed by atoms with Gasteiger partial charge in [0.25, 0.3) is 11.8 Å². The monoisotopic (exact) mass is 840 g/mol. The first-order valence-electron chi connectivity index (χ1n) is 21.7. The SMILES string of the molecule is O=C1CCC(N2C(=O)c3cccc(NCCCCCCCC(=O)N4CCN(c5cccc(-c6cnc7ccc(N8CCCC8c8cccc(F)c8)nn67)n5)CC4)c3C2=O)C(=O)N1. The van der Waals surface area contributed by atoms with E-state index in [1.165, 1.54) is 6.07 Å². The van der Waals surface area contributed by atoms with E-state index < -0.39 is 29.7 Å². The van der Waals surface area contributed by atoms with Crippen molar-refractivity contribution in [1.82, 2.24) is 34.7 Å². The Morgan fingerprint density at radius 3 is 2.45 bits per heavy atom. The molecule has 5 aromatic rings. The van der Waals surface area contributed by atoms with Gasteiger partial charge in [-0.15, -0.1) is 5.10 Å². The zero-order valence-corrected chi connectivity index (χ0v) is 34.5. The number of imidazole rings is 1. The van der Waals surface area contributed by atoms with Crippen LogP contribution in [0.3, 0.4) is 0 Å². The van der Waals surface area contributed by atoms with Gasteiger partial charge in [0.05, 0.1) is 29.1 Å². The van der Waals surface area contributed by atoms with E-state index in [0.717, 1.165) is 85.0 Å². The van der Waals surface area contributed by atoms with Gasteiger partial charge in [-0.1, -0.05) is 43.5 Å². The molecule has 15 nitrogen and oxygen atoms in total. The summed E-state index contributed by atoms with van der Waals surface area (Å²) in [5.74, 6) is -0.501. The number of aromatic nitrogens is 4. The number of hydrogen-bond donors (Lipinski definition) is 2. The number of unbranched alkanes of at least 4 members (excludes halogenated alkanes) is 4. The first-order valence-corrected chi connectivity index (χ1v) is 21.7. The van der Waals surface area contributed by atoms with Crippen molar-refractivity contribution < 1.29 is 28.4 Å². The topological polar surface area (TPSA) is 165 Å². The Hall–Kier alpha value is -6.71. The molecule has 0 saturated carbocycles. The van der Waals surface area contributed by atoms with Crippen LogP contribution in [-0.2, 0) is 14.4 Å². The second kappa shape index (κ2) is 17.7. The highest BCUT2D eigenvalue weighted by Crippen LogP contribution is 2.36. The number of halogens is 1. The Balaban J connectivity index is 0.715. The lowest BCUT2D eigenvalue weighted by Gasteiger charge is -2.35. The summed E-state index contributed by atoms with van der Waals surface area (Å²) in [6.07, 6.45) is 8.91. The molecule has 3 fully saturated rings. The third-order valence-electron chi connectivity index (χ3n) is 12.4. The van der Waals surface area contributed by atoms with Gasteiger partial charge in [-0.25, -0.2) is 18.9 Å². The third-order valence-corrected chi connectivity index (χ3v) is 12.4. The van der Waals surface area contributed by atoms with Crippen LogP contribution in [-0.4, -0.2) is 104 Å². The second-order valence-electron chi connectivity index (χ2n) is 16.4. The lowest BCUT2D eigenvalue weighted by molar-refractivity contribution is -0.136. The number of imide groups is 2. The smallest absolute Gasteiger partial charge is 0.264 e. The minimum absolute atomic E-state index is 0.0490. The Bertz CT molecular complexity index is 2540. The number of hydrogen-bond acceptors (Lipinski definition) is 11. The molecule has 4 aliphatic heterocycles. The molecule has 4 aliphatic rings. The van der Waals surface area contributed by atoms with E-state index in [1.54, 1.807) is 36.5 Å². The number of amides is 5. The van der Waals surface area contributed by atoms with Crippen molar-refractivity contribution in [2.24, 2.45) is 0 Å². The maximum Gasteiger partial charge on any atom is 0.264 e.